The van der Waals surface area contributed by atoms with Crippen LogP contribution in [0.4, 0.5) is 0 Å². The molecular formula is C21H35NO3. The van der Waals surface area contributed by atoms with Gasteiger partial charge in [0.15, 0.2) is 5.79 Å². The quantitative estimate of drug-likeness (QED) is 0.722. The molecule has 2 aliphatic heterocycles. The normalized spacial score (nSPS) is 42.0. The Morgan fingerprint density at radius 2 is 2.00 bits per heavy atom. The van der Waals surface area contributed by atoms with Crippen LogP contribution in [0, 0.1) is 17.8 Å². The van der Waals surface area contributed by atoms with Gasteiger partial charge < -0.3 is 14.2 Å². The van der Waals surface area contributed by atoms with E-state index >= 15 is 0 Å². The van der Waals surface area contributed by atoms with E-state index in [-0.39, 0.29) is 18.1 Å². The van der Waals surface area contributed by atoms with Crippen molar-refractivity contribution in [2.45, 2.75) is 77.4 Å². The van der Waals surface area contributed by atoms with E-state index in [2.05, 4.69) is 31.7 Å². The van der Waals surface area contributed by atoms with Crippen LogP contribution in [0.2, 0.25) is 0 Å². The number of rotatable bonds is 3. The van der Waals surface area contributed by atoms with Crippen molar-refractivity contribution in [2.24, 2.45) is 17.8 Å². The molecule has 1 spiro atoms. The van der Waals surface area contributed by atoms with Gasteiger partial charge in [-0.3, -0.25) is 4.90 Å². The third kappa shape index (κ3) is 3.69. The minimum atomic E-state index is -0.260. The van der Waals surface area contributed by atoms with Gasteiger partial charge in [-0.05, 0) is 38.0 Å². The van der Waals surface area contributed by atoms with Crippen molar-refractivity contribution >= 4 is 0 Å². The fraction of sp³-hybridized carbons (Fsp3) is 0.905. The van der Waals surface area contributed by atoms with Crippen LogP contribution in [-0.4, -0.2) is 49.3 Å². The average molecular weight is 350 g/mol. The van der Waals surface area contributed by atoms with Crippen molar-refractivity contribution in [3.8, 4) is 0 Å². The molecule has 2 heterocycles. The summed E-state index contributed by atoms with van der Waals surface area (Å²) in [5.41, 5.74) is 1.53. The number of allylic oxidation sites excluding steroid dienone is 2. The van der Waals surface area contributed by atoms with Gasteiger partial charge in [0.25, 0.3) is 0 Å². The molecule has 4 aliphatic rings. The Balaban J connectivity index is 1.39. The number of ether oxygens (including phenoxy) is 3. The van der Waals surface area contributed by atoms with Crippen LogP contribution in [0.15, 0.2) is 11.6 Å². The van der Waals surface area contributed by atoms with E-state index in [1.54, 1.807) is 0 Å². The molecular weight excluding hydrogens is 314 g/mol. The number of hydrogen-bond donors (Lipinski definition) is 0. The van der Waals surface area contributed by atoms with E-state index in [1.807, 2.05) is 0 Å². The first kappa shape index (κ1) is 18.0. The molecule has 0 N–H and O–H groups in total. The smallest absolute Gasteiger partial charge is 0.168 e. The highest BCUT2D eigenvalue weighted by molar-refractivity contribution is 5.09. The molecule has 2 saturated heterocycles. The third-order valence-corrected chi connectivity index (χ3v) is 6.78. The average Bonchev–Trinajstić information content (AvgIpc) is 3.16. The summed E-state index contributed by atoms with van der Waals surface area (Å²) in [5, 5.41) is 0. The Labute approximate surface area is 152 Å². The molecule has 142 valence electrons. The van der Waals surface area contributed by atoms with Gasteiger partial charge in [-0.25, -0.2) is 0 Å². The maximum atomic E-state index is 6.43. The van der Waals surface area contributed by atoms with Crippen LogP contribution in [0.1, 0.15) is 59.3 Å². The molecule has 0 radical (unpaired) electrons. The second kappa shape index (κ2) is 7.30. The number of nitrogens with zero attached hydrogens (tertiary/aromatic N) is 1. The van der Waals surface area contributed by atoms with Crippen molar-refractivity contribution in [3.63, 3.8) is 0 Å². The predicted molar refractivity (Wildman–Crippen MR) is 98.1 cm³/mol. The monoisotopic (exact) mass is 349 g/mol. The number of hydrogen-bond acceptors (Lipinski definition) is 4. The van der Waals surface area contributed by atoms with Gasteiger partial charge in [0.1, 0.15) is 6.23 Å². The summed E-state index contributed by atoms with van der Waals surface area (Å²) in [4.78, 5) is 2.53. The van der Waals surface area contributed by atoms with Crippen molar-refractivity contribution in [2.75, 3.05) is 26.3 Å². The molecule has 5 atom stereocenters. The Morgan fingerprint density at radius 3 is 2.76 bits per heavy atom. The molecule has 5 unspecified atom stereocenters. The Morgan fingerprint density at radius 1 is 1.20 bits per heavy atom. The first-order valence-electron chi connectivity index (χ1n) is 10.4. The topological polar surface area (TPSA) is 30.9 Å². The molecule has 0 aromatic heterocycles. The summed E-state index contributed by atoms with van der Waals surface area (Å²) in [6.07, 6.45) is 10.1. The zero-order chi connectivity index (χ0) is 17.4. The summed E-state index contributed by atoms with van der Waals surface area (Å²) < 4.78 is 18.8. The minimum absolute atomic E-state index is 0.203. The summed E-state index contributed by atoms with van der Waals surface area (Å²) >= 11 is 0. The first-order valence-corrected chi connectivity index (χ1v) is 10.4. The van der Waals surface area contributed by atoms with Crippen LogP contribution >= 0.6 is 0 Å². The SMILES string of the molecule is CC1=CC(C)C(C2OCCN2CC2COC3(CCCCC3)O2)C(C)C1. The molecule has 0 aromatic carbocycles. The molecule has 4 nitrogen and oxygen atoms in total. The molecule has 2 aliphatic carbocycles. The highest BCUT2D eigenvalue weighted by Crippen LogP contribution is 2.41. The van der Waals surface area contributed by atoms with Crippen molar-refractivity contribution in [3.05, 3.63) is 11.6 Å². The molecule has 4 rings (SSSR count). The summed E-state index contributed by atoms with van der Waals surface area (Å²) in [6.45, 7) is 10.6. The van der Waals surface area contributed by atoms with Gasteiger partial charge >= 0.3 is 0 Å². The zero-order valence-corrected chi connectivity index (χ0v) is 16.2. The minimum Gasteiger partial charge on any atom is -0.361 e. The lowest BCUT2D eigenvalue weighted by atomic mass is 9.73. The van der Waals surface area contributed by atoms with E-state index < -0.39 is 0 Å². The van der Waals surface area contributed by atoms with Crippen molar-refractivity contribution < 1.29 is 14.2 Å². The van der Waals surface area contributed by atoms with Crippen LogP contribution < -0.4 is 0 Å². The maximum absolute atomic E-state index is 6.43. The van der Waals surface area contributed by atoms with E-state index in [1.165, 1.54) is 31.3 Å². The highest BCUT2D eigenvalue weighted by Gasteiger charge is 2.45. The van der Waals surface area contributed by atoms with Crippen LogP contribution in [0.5, 0.6) is 0 Å². The van der Waals surface area contributed by atoms with E-state index in [4.69, 9.17) is 14.2 Å². The largest absolute Gasteiger partial charge is 0.361 e. The van der Waals surface area contributed by atoms with Crippen LogP contribution in [0.25, 0.3) is 0 Å². The standard InChI is InChI=1S/C21H35NO3/c1-15-11-16(2)19(17(3)12-15)20-22(9-10-23-20)13-18-14-24-21(25-18)7-5-4-6-8-21/h11,16-20H,4-10,12-14H2,1-3H3. The summed E-state index contributed by atoms with van der Waals surface area (Å²) in [5.74, 6) is 1.58. The van der Waals surface area contributed by atoms with Crippen molar-refractivity contribution in [1.82, 2.24) is 4.90 Å². The highest BCUT2D eigenvalue weighted by atomic mass is 16.7. The molecule has 0 bridgehead atoms. The van der Waals surface area contributed by atoms with E-state index in [9.17, 15) is 0 Å². The Hall–Kier alpha value is -0.420. The lowest BCUT2D eigenvalue weighted by molar-refractivity contribution is -0.189. The van der Waals surface area contributed by atoms with Crippen LogP contribution in [-0.2, 0) is 14.2 Å². The van der Waals surface area contributed by atoms with Gasteiger partial charge in [0.05, 0.1) is 19.3 Å². The zero-order valence-electron chi connectivity index (χ0n) is 16.2. The molecule has 0 aromatic rings. The third-order valence-electron chi connectivity index (χ3n) is 6.78. The van der Waals surface area contributed by atoms with Gasteiger partial charge in [0.2, 0.25) is 0 Å². The molecule has 1 saturated carbocycles. The molecule has 3 fully saturated rings. The van der Waals surface area contributed by atoms with Crippen molar-refractivity contribution in [1.29, 1.82) is 0 Å². The predicted octanol–water partition coefficient (Wildman–Crippen LogP) is 3.96. The first-order chi connectivity index (χ1) is 12.1. The van der Waals surface area contributed by atoms with E-state index in [0.29, 0.717) is 17.8 Å². The van der Waals surface area contributed by atoms with Gasteiger partial charge in [-0.15, -0.1) is 0 Å². The summed E-state index contributed by atoms with van der Waals surface area (Å²) in [6, 6.07) is 0. The maximum Gasteiger partial charge on any atom is 0.168 e. The van der Waals surface area contributed by atoms with Gasteiger partial charge in [-0.2, -0.15) is 0 Å². The fourth-order valence-electron chi connectivity index (χ4n) is 5.72. The fourth-order valence-corrected chi connectivity index (χ4v) is 5.72. The summed E-state index contributed by atoms with van der Waals surface area (Å²) in [7, 11) is 0. The van der Waals surface area contributed by atoms with Gasteiger partial charge in [-0.1, -0.05) is 31.9 Å². The van der Waals surface area contributed by atoms with Crippen LogP contribution in [0.3, 0.4) is 0 Å². The van der Waals surface area contributed by atoms with Gasteiger partial charge in [0, 0.05) is 31.8 Å². The molecule has 0 amide bonds. The lowest BCUT2D eigenvalue weighted by Crippen LogP contribution is -2.46. The Kier molecular flexibility index (Phi) is 5.25. The lowest BCUT2D eigenvalue weighted by Gasteiger charge is -2.40. The van der Waals surface area contributed by atoms with E-state index in [0.717, 1.165) is 39.1 Å². The Bertz CT molecular complexity index is 499. The second-order valence-electron chi connectivity index (χ2n) is 8.91. The second-order valence-corrected chi connectivity index (χ2v) is 8.91. The molecule has 25 heavy (non-hydrogen) atoms. The molecule has 4 heteroatoms.